The van der Waals surface area contributed by atoms with Crippen LogP contribution in [0.15, 0.2) is 132 Å². The second-order valence-electron chi connectivity index (χ2n) is 17.3. The van der Waals surface area contributed by atoms with Crippen molar-refractivity contribution in [2.75, 3.05) is 48.8 Å². The molecule has 0 aliphatic carbocycles. The SMILES string of the molecule is C[C@H](Cc1cccc(NC(=O)c2cccc(N(C)C(=O)CCN3CCC(OC(=O)Nc4ccccc4-c4ccccc4)CC3)c2)c1)NC[C@H](O)c1ccc(O)c2[nH]c(=O)ccc12.O=C(O)C(F)(F)F.O=C(O)C(F)(F)F. The lowest BCUT2D eigenvalue weighted by atomic mass is 10.0. The van der Waals surface area contributed by atoms with Gasteiger partial charge < -0.3 is 50.6 Å². The van der Waals surface area contributed by atoms with Crippen LogP contribution in [-0.2, 0) is 25.5 Å². The Bertz CT molecular complexity index is 3000. The summed E-state index contributed by atoms with van der Waals surface area (Å²) in [6.45, 7) is 4.22. The summed E-state index contributed by atoms with van der Waals surface area (Å²) in [5.41, 5.74) is 5.77. The van der Waals surface area contributed by atoms with Crippen molar-refractivity contribution in [1.82, 2.24) is 15.2 Å². The highest BCUT2D eigenvalue weighted by Gasteiger charge is 2.39. The number of alkyl halides is 6. The summed E-state index contributed by atoms with van der Waals surface area (Å²) in [5, 5.41) is 45.2. The molecule has 7 rings (SSSR count). The number of ether oxygens (including phenoxy) is 1. The molecule has 6 aromatic rings. The summed E-state index contributed by atoms with van der Waals surface area (Å²) in [7, 11) is 1.71. The number of carbonyl (C=O) groups excluding carboxylic acids is 3. The van der Waals surface area contributed by atoms with Gasteiger partial charge in [-0.3, -0.25) is 19.7 Å². The normalized spacial score (nSPS) is 13.6. The number of pyridine rings is 1. The molecule has 5 aromatic carbocycles. The van der Waals surface area contributed by atoms with Crippen LogP contribution < -0.4 is 26.4 Å². The number of para-hydroxylation sites is 1. The number of amides is 3. The van der Waals surface area contributed by atoms with E-state index in [0.717, 1.165) is 16.7 Å². The van der Waals surface area contributed by atoms with Crippen LogP contribution in [-0.4, -0.2) is 118 Å². The molecule has 0 spiro atoms. The molecule has 1 fully saturated rings. The van der Waals surface area contributed by atoms with Gasteiger partial charge >= 0.3 is 30.4 Å². The summed E-state index contributed by atoms with van der Waals surface area (Å²) in [6, 6.07) is 38.1. The Labute approximate surface area is 430 Å². The molecular weight excluding hydrogens is 1010 g/mol. The van der Waals surface area contributed by atoms with Crippen molar-refractivity contribution < 1.29 is 75.5 Å². The monoisotopic (exact) mass is 1060 g/mol. The first kappa shape index (κ1) is 58.6. The zero-order valence-electron chi connectivity index (χ0n) is 40.8. The number of anilines is 3. The number of aromatic amines is 1. The van der Waals surface area contributed by atoms with Gasteiger partial charge in [0.15, 0.2) is 0 Å². The third-order valence-corrected chi connectivity index (χ3v) is 11.7. The lowest BCUT2D eigenvalue weighted by molar-refractivity contribution is -0.193. The van der Waals surface area contributed by atoms with Gasteiger partial charge in [0.05, 0.1) is 17.3 Å². The summed E-state index contributed by atoms with van der Waals surface area (Å²) < 4.78 is 69.3. The lowest BCUT2D eigenvalue weighted by Gasteiger charge is -2.31. The minimum Gasteiger partial charge on any atom is -0.506 e. The van der Waals surface area contributed by atoms with Gasteiger partial charge in [-0.25, -0.2) is 14.4 Å². The van der Waals surface area contributed by atoms with Crippen LogP contribution >= 0.6 is 0 Å². The number of nitrogens with one attached hydrogen (secondary N) is 4. The number of aromatic hydroxyl groups is 1. The highest BCUT2D eigenvalue weighted by Crippen LogP contribution is 2.30. The van der Waals surface area contributed by atoms with Crippen molar-refractivity contribution in [2.24, 2.45) is 0 Å². The lowest BCUT2D eigenvalue weighted by Crippen LogP contribution is -2.40. The predicted molar refractivity (Wildman–Crippen MR) is 270 cm³/mol. The van der Waals surface area contributed by atoms with E-state index in [-0.39, 0.29) is 47.3 Å². The number of aliphatic hydroxyl groups excluding tert-OH is 1. The summed E-state index contributed by atoms with van der Waals surface area (Å²) in [6.07, 6.45) is -9.49. The third-order valence-electron chi connectivity index (χ3n) is 11.7. The average Bonchev–Trinajstić information content (AvgIpc) is 3.38. The van der Waals surface area contributed by atoms with E-state index in [2.05, 4.69) is 25.8 Å². The number of aromatic nitrogens is 1. The number of hydrogen-bond acceptors (Lipinski definition) is 11. The Morgan fingerprint density at radius 3 is 2.08 bits per heavy atom. The molecule has 2 atom stereocenters. The van der Waals surface area contributed by atoms with E-state index in [1.54, 1.807) is 48.3 Å². The molecule has 0 unspecified atom stereocenters. The van der Waals surface area contributed by atoms with Gasteiger partial charge in [-0.05, 0) is 91.4 Å². The largest absolute Gasteiger partial charge is 0.506 e. The molecule has 76 heavy (non-hydrogen) atoms. The molecule has 3 amide bonds. The maximum atomic E-state index is 13.4. The Kier molecular flexibility index (Phi) is 20.7. The molecule has 1 aliphatic heterocycles. The first-order valence-electron chi connectivity index (χ1n) is 23.4. The first-order valence-corrected chi connectivity index (χ1v) is 23.4. The zero-order valence-corrected chi connectivity index (χ0v) is 40.8. The molecular formula is C53H54F6N6O11. The molecule has 1 aliphatic rings. The summed E-state index contributed by atoms with van der Waals surface area (Å²) in [4.78, 5) is 75.5. The van der Waals surface area contributed by atoms with Gasteiger partial charge in [0, 0.05) is 79.6 Å². The van der Waals surface area contributed by atoms with E-state index in [4.69, 9.17) is 24.5 Å². The highest BCUT2D eigenvalue weighted by atomic mass is 19.4. The second kappa shape index (κ2) is 26.8. The number of halogens is 6. The first-order chi connectivity index (χ1) is 35.9. The molecule has 2 heterocycles. The number of carbonyl (C=O) groups is 5. The summed E-state index contributed by atoms with van der Waals surface area (Å²) in [5.74, 6) is -5.96. The Hall–Kier alpha value is -8.28. The van der Waals surface area contributed by atoms with E-state index in [1.165, 1.54) is 12.1 Å². The number of aliphatic carboxylic acids is 2. The smallest absolute Gasteiger partial charge is 0.490 e. The number of likely N-dealkylation sites (tertiary alicyclic amines) is 1. The van der Waals surface area contributed by atoms with Crippen LogP contribution in [0.25, 0.3) is 22.0 Å². The third kappa shape index (κ3) is 17.7. The van der Waals surface area contributed by atoms with Crippen LogP contribution in [0, 0.1) is 0 Å². The average molecular weight is 1070 g/mol. The Balaban J connectivity index is 0.000000671. The van der Waals surface area contributed by atoms with E-state index in [9.17, 15) is 55.7 Å². The molecule has 0 bridgehead atoms. The maximum absolute atomic E-state index is 13.4. The number of piperidine rings is 1. The number of carboxylic acid groups (broad SMARTS) is 2. The molecule has 8 N–H and O–H groups in total. The number of aliphatic hydroxyl groups is 1. The van der Waals surface area contributed by atoms with Gasteiger partial charge in [-0.1, -0.05) is 72.8 Å². The predicted octanol–water partition coefficient (Wildman–Crippen LogP) is 8.74. The van der Waals surface area contributed by atoms with Crippen molar-refractivity contribution in [3.8, 4) is 16.9 Å². The fraction of sp³-hybridized carbons (Fsp3) is 0.283. The van der Waals surface area contributed by atoms with Crippen molar-refractivity contribution in [2.45, 2.75) is 63.2 Å². The Morgan fingerprint density at radius 2 is 1.42 bits per heavy atom. The van der Waals surface area contributed by atoms with Gasteiger partial charge in [0.2, 0.25) is 11.5 Å². The van der Waals surface area contributed by atoms with Gasteiger partial charge in [0.25, 0.3) is 5.91 Å². The zero-order chi connectivity index (χ0) is 55.7. The number of benzene rings is 5. The van der Waals surface area contributed by atoms with Crippen LogP contribution in [0.2, 0.25) is 0 Å². The number of hydrogen-bond donors (Lipinski definition) is 8. The van der Waals surface area contributed by atoms with Crippen LogP contribution in [0.3, 0.4) is 0 Å². The van der Waals surface area contributed by atoms with Crippen LogP contribution in [0.4, 0.5) is 48.2 Å². The maximum Gasteiger partial charge on any atom is 0.490 e. The van der Waals surface area contributed by atoms with E-state index in [1.807, 2.05) is 85.8 Å². The fourth-order valence-corrected chi connectivity index (χ4v) is 7.80. The van der Waals surface area contributed by atoms with Crippen molar-refractivity contribution in [3.63, 3.8) is 0 Å². The van der Waals surface area contributed by atoms with Crippen molar-refractivity contribution in [3.05, 3.63) is 154 Å². The van der Waals surface area contributed by atoms with Crippen molar-refractivity contribution in [1.29, 1.82) is 0 Å². The number of carboxylic acids is 2. The molecule has 1 aromatic heterocycles. The molecule has 17 nitrogen and oxygen atoms in total. The molecule has 404 valence electrons. The minimum absolute atomic E-state index is 0.0302. The highest BCUT2D eigenvalue weighted by molar-refractivity contribution is 6.05. The molecule has 23 heteroatoms. The number of phenols is 1. The quantitative estimate of drug-likeness (QED) is 0.0449. The second-order valence-corrected chi connectivity index (χ2v) is 17.3. The van der Waals surface area contributed by atoms with E-state index in [0.29, 0.717) is 78.9 Å². The Morgan fingerprint density at radius 1 is 0.789 bits per heavy atom. The number of phenolic OH excluding ortho intramolecular Hbond substituents is 1. The van der Waals surface area contributed by atoms with E-state index < -0.39 is 36.5 Å². The number of H-pyrrole nitrogens is 1. The number of nitrogens with zero attached hydrogens (tertiary/aromatic N) is 2. The van der Waals surface area contributed by atoms with Gasteiger partial charge in [-0.2, -0.15) is 26.3 Å². The van der Waals surface area contributed by atoms with Crippen LogP contribution in [0.1, 0.15) is 53.8 Å². The number of fused-ring (bicyclic) bond motifs is 1. The van der Waals surface area contributed by atoms with Crippen molar-refractivity contribution >= 4 is 57.8 Å². The summed E-state index contributed by atoms with van der Waals surface area (Å²) >= 11 is 0. The standard InChI is InChI=1S/C49H52N6O7.2C2HF3O2/c1-32(50-31-44(57)40-18-20-43(56)47-41(40)19-21-45(58)53-47)28-33-10-8-14-36(29-33)51-48(60)35-13-9-15-37(30-35)54(2)46(59)24-27-55-25-22-38(23-26-55)62-49(61)52-42-17-7-6-16-39(42)34-11-4-3-5-12-34;2*3-2(4,5)1(6)7/h3-21,29-30,32,38,44,50,56-57H,22-28,31H2,1-2H3,(H,51,60)(H,52,61)(H,53,58);2*(H,6,7)/t32-,44+;;/m1../s1. The topological polar surface area (TPSA) is 251 Å². The van der Waals surface area contributed by atoms with E-state index >= 15 is 0 Å². The fourth-order valence-electron chi connectivity index (χ4n) is 7.80. The minimum atomic E-state index is -5.08. The number of rotatable bonds is 15. The van der Waals surface area contributed by atoms with Gasteiger partial charge in [-0.15, -0.1) is 0 Å². The molecule has 0 radical (unpaired) electrons. The molecule has 1 saturated heterocycles. The molecule has 0 saturated carbocycles. The van der Waals surface area contributed by atoms with Crippen LogP contribution in [0.5, 0.6) is 5.75 Å². The van der Waals surface area contributed by atoms with Gasteiger partial charge in [0.1, 0.15) is 11.9 Å².